The first-order chi connectivity index (χ1) is 9.13. The molecule has 0 fully saturated rings. The van der Waals surface area contributed by atoms with Crippen LogP contribution < -0.4 is 0 Å². The van der Waals surface area contributed by atoms with E-state index in [9.17, 15) is 9.18 Å². The highest BCUT2D eigenvalue weighted by atomic mass is 19.1. The summed E-state index contributed by atoms with van der Waals surface area (Å²) in [6.07, 6.45) is 0. The Morgan fingerprint density at radius 1 is 1.16 bits per heavy atom. The summed E-state index contributed by atoms with van der Waals surface area (Å²) in [7, 11) is 0. The van der Waals surface area contributed by atoms with Crippen LogP contribution in [0.4, 0.5) is 4.39 Å². The quantitative estimate of drug-likeness (QED) is 0.855. The van der Waals surface area contributed by atoms with Gasteiger partial charge in [0.25, 0.3) is 0 Å². The van der Waals surface area contributed by atoms with Crippen molar-refractivity contribution in [3.05, 3.63) is 71.0 Å². The highest BCUT2D eigenvalue weighted by Gasteiger charge is 2.13. The van der Waals surface area contributed by atoms with E-state index in [1.54, 1.807) is 36.4 Å². The number of benzene rings is 2. The van der Waals surface area contributed by atoms with Gasteiger partial charge in [0.1, 0.15) is 5.82 Å². The van der Waals surface area contributed by atoms with Crippen molar-refractivity contribution in [1.29, 1.82) is 0 Å². The van der Waals surface area contributed by atoms with E-state index in [1.807, 2.05) is 6.92 Å². The van der Waals surface area contributed by atoms with Gasteiger partial charge >= 0.3 is 0 Å². The number of halogens is 1. The van der Waals surface area contributed by atoms with E-state index in [4.69, 9.17) is 5.11 Å². The molecule has 1 atom stereocenters. The molecule has 0 radical (unpaired) electrons. The molecule has 0 heterocycles. The number of carbonyl (C=O) groups is 1. The van der Waals surface area contributed by atoms with E-state index in [0.29, 0.717) is 5.56 Å². The van der Waals surface area contributed by atoms with Crippen molar-refractivity contribution in [3.8, 4) is 0 Å². The summed E-state index contributed by atoms with van der Waals surface area (Å²) >= 11 is 0. The predicted molar refractivity (Wildman–Crippen MR) is 71.8 cm³/mol. The highest BCUT2D eigenvalue weighted by Crippen LogP contribution is 2.18. The molecule has 3 heteroatoms. The molecule has 2 aromatic rings. The molecule has 0 spiro atoms. The second-order valence-corrected chi connectivity index (χ2v) is 4.51. The third-order valence-corrected chi connectivity index (χ3v) is 3.13. The molecule has 2 nitrogen and oxygen atoms in total. The summed E-state index contributed by atoms with van der Waals surface area (Å²) in [5.74, 6) is -0.820. The topological polar surface area (TPSA) is 37.3 Å². The van der Waals surface area contributed by atoms with Gasteiger partial charge in [-0.2, -0.15) is 0 Å². The van der Waals surface area contributed by atoms with Crippen LogP contribution in [0.25, 0.3) is 0 Å². The molecule has 0 bridgehead atoms. The van der Waals surface area contributed by atoms with Crippen molar-refractivity contribution >= 4 is 5.78 Å². The molecular weight excluding hydrogens is 243 g/mol. The van der Waals surface area contributed by atoms with Crippen LogP contribution in [0.5, 0.6) is 0 Å². The van der Waals surface area contributed by atoms with E-state index in [1.165, 1.54) is 12.1 Å². The second-order valence-electron chi connectivity index (χ2n) is 4.51. The van der Waals surface area contributed by atoms with E-state index in [2.05, 4.69) is 0 Å². The minimum atomic E-state index is -0.514. The lowest BCUT2D eigenvalue weighted by Gasteiger charge is -2.09. The van der Waals surface area contributed by atoms with Crippen LogP contribution in [0.2, 0.25) is 0 Å². The molecule has 0 saturated heterocycles. The number of rotatable bonds is 4. The molecule has 19 heavy (non-hydrogen) atoms. The first-order valence-corrected chi connectivity index (χ1v) is 6.13. The second kappa shape index (κ2) is 5.76. The summed E-state index contributed by atoms with van der Waals surface area (Å²) in [5, 5.41) is 9.06. The van der Waals surface area contributed by atoms with Gasteiger partial charge in [-0.15, -0.1) is 0 Å². The van der Waals surface area contributed by atoms with Crippen LogP contribution >= 0.6 is 0 Å². The largest absolute Gasteiger partial charge is 0.396 e. The van der Waals surface area contributed by atoms with Crippen LogP contribution in [0.15, 0.2) is 48.5 Å². The Hall–Kier alpha value is -2.00. The van der Waals surface area contributed by atoms with Crippen molar-refractivity contribution in [2.45, 2.75) is 12.8 Å². The van der Waals surface area contributed by atoms with Gasteiger partial charge in [-0.1, -0.05) is 43.3 Å². The number of carbonyl (C=O) groups excluding carboxylic acids is 1. The smallest absolute Gasteiger partial charge is 0.195 e. The Kier molecular flexibility index (Phi) is 4.07. The molecule has 0 saturated carbocycles. The normalized spacial score (nSPS) is 12.2. The average molecular weight is 258 g/mol. The van der Waals surface area contributed by atoms with Crippen LogP contribution in [-0.2, 0) is 0 Å². The van der Waals surface area contributed by atoms with Crippen LogP contribution in [0.1, 0.15) is 34.3 Å². The standard InChI is InChI=1S/C16H15FO2/c1-11(10-18)12-6-8-13(9-7-12)16(19)14-4-2-3-5-15(14)17/h2-9,11,18H,10H2,1H3. The summed E-state index contributed by atoms with van der Waals surface area (Å²) < 4.78 is 13.5. The van der Waals surface area contributed by atoms with Gasteiger partial charge in [-0.25, -0.2) is 4.39 Å². The van der Waals surface area contributed by atoms with Gasteiger partial charge in [0.2, 0.25) is 0 Å². The molecule has 0 amide bonds. The predicted octanol–water partition coefficient (Wildman–Crippen LogP) is 3.15. The zero-order valence-corrected chi connectivity index (χ0v) is 10.6. The summed E-state index contributed by atoms with van der Waals surface area (Å²) in [6.45, 7) is 1.95. The fourth-order valence-electron chi connectivity index (χ4n) is 1.87. The highest BCUT2D eigenvalue weighted by molar-refractivity contribution is 6.09. The lowest BCUT2D eigenvalue weighted by atomic mass is 9.97. The Morgan fingerprint density at radius 2 is 1.79 bits per heavy atom. The van der Waals surface area contributed by atoms with Gasteiger partial charge in [-0.3, -0.25) is 4.79 Å². The van der Waals surface area contributed by atoms with E-state index >= 15 is 0 Å². The van der Waals surface area contributed by atoms with E-state index < -0.39 is 5.82 Å². The zero-order chi connectivity index (χ0) is 13.8. The van der Waals surface area contributed by atoms with Gasteiger partial charge in [0.15, 0.2) is 5.78 Å². The van der Waals surface area contributed by atoms with Gasteiger partial charge in [0.05, 0.1) is 5.56 Å². The molecule has 0 aromatic heterocycles. The minimum absolute atomic E-state index is 0.0256. The van der Waals surface area contributed by atoms with Crippen molar-refractivity contribution in [2.24, 2.45) is 0 Å². The zero-order valence-electron chi connectivity index (χ0n) is 10.6. The molecule has 2 aromatic carbocycles. The number of aliphatic hydroxyl groups excluding tert-OH is 1. The van der Waals surface area contributed by atoms with Crippen molar-refractivity contribution in [1.82, 2.24) is 0 Å². The fourth-order valence-corrected chi connectivity index (χ4v) is 1.87. The average Bonchev–Trinajstić information content (AvgIpc) is 2.46. The van der Waals surface area contributed by atoms with Crippen molar-refractivity contribution in [3.63, 3.8) is 0 Å². The molecule has 1 N–H and O–H groups in total. The lowest BCUT2D eigenvalue weighted by Crippen LogP contribution is -2.05. The molecular formula is C16H15FO2. The fraction of sp³-hybridized carbons (Fsp3) is 0.188. The van der Waals surface area contributed by atoms with Crippen LogP contribution in [0.3, 0.4) is 0 Å². The maximum Gasteiger partial charge on any atom is 0.195 e. The summed E-state index contributed by atoms with van der Waals surface area (Å²) in [5.41, 5.74) is 1.47. The van der Waals surface area contributed by atoms with Crippen LogP contribution in [-0.4, -0.2) is 17.5 Å². The molecule has 2 rings (SSSR count). The lowest BCUT2D eigenvalue weighted by molar-refractivity contribution is 0.103. The molecule has 98 valence electrons. The molecule has 1 unspecified atom stereocenters. The Morgan fingerprint density at radius 3 is 2.37 bits per heavy atom. The summed E-state index contributed by atoms with van der Waals surface area (Å²) in [4.78, 5) is 12.1. The molecule has 0 aliphatic rings. The van der Waals surface area contributed by atoms with Gasteiger partial charge in [-0.05, 0) is 17.7 Å². The molecule has 0 aliphatic heterocycles. The summed E-state index contributed by atoms with van der Waals surface area (Å²) in [6, 6.07) is 12.8. The Bertz CT molecular complexity index is 576. The van der Waals surface area contributed by atoms with Crippen molar-refractivity contribution in [2.75, 3.05) is 6.61 Å². The van der Waals surface area contributed by atoms with E-state index in [0.717, 1.165) is 5.56 Å². The molecule has 0 aliphatic carbocycles. The first-order valence-electron chi connectivity index (χ1n) is 6.13. The maximum absolute atomic E-state index is 13.5. The first kappa shape index (κ1) is 13.4. The third kappa shape index (κ3) is 2.88. The van der Waals surface area contributed by atoms with Crippen molar-refractivity contribution < 1.29 is 14.3 Å². The maximum atomic E-state index is 13.5. The SMILES string of the molecule is CC(CO)c1ccc(C(=O)c2ccccc2F)cc1. The number of hydrogen-bond acceptors (Lipinski definition) is 2. The van der Waals surface area contributed by atoms with E-state index in [-0.39, 0.29) is 23.9 Å². The van der Waals surface area contributed by atoms with Gasteiger partial charge in [0, 0.05) is 18.1 Å². The minimum Gasteiger partial charge on any atom is -0.396 e. The van der Waals surface area contributed by atoms with Crippen LogP contribution in [0, 0.1) is 5.82 Å². The Labute approximate surface area is 111 Å². The number of ketones is 1. The van der Waals surface area contributed by atoms with Gasteiger partial charge < -0.3 is 5.11 Å². The Balaban J connectivity index is 2.28. The third-order valence-electron chi connectivity index (χ3n) is 3.13. The number of aliphatic hydroxyl groups is 1. The monoisotopic (exact) mass is 258 g/mol. The number of hydrogen-bond donors (Lipinski definition) is 1.